The summed E-state index contributed by atoms with van der Waals surface area (Å²) in [6, 6.07) is 30.9. The van der Waals surface area contributed by atoms with Crippen molar-refractivity contribution in [3.63, 3.8) is 0 Å². The van der Waals surface area contributed by atoms with E-state index in [0.29, 0.717) is 0 Å². The molecule has 2 nitrogen and oxygen atoms in total. The Morgan fingerprint density at radius 1 is 0.432 bits per heavy atom. The number of hydrogen-bond acceptors (Lipinski definition) is 2. The van der Waals surface area contributed by atoms with E-state index in [1.54, 1.807) is 14.2 Å². The van der Waals surface area contributed by atoms with Crippen LogP contribution in [0.5, 0.6) is 11.5 Å². The molecule has 5 aromatic rings. The molecule has 0 aliphatic heterocycles. The van der Waals surface area contributed by atoms with Gasteiger partial charge < -0.3 is 0 Å². The van der Waals surface area contributed by atoms with Gasteiger partial charge in [-0.1, -0.05) is 0 Å². The summed E-state index contributed by atoms with van der Waals surface area (Å²) in [5.74, 6) is 1.73. The fourth-order valence-corrected chi connectivity index (χ4v) is 7.88. The van der Waals surface area contributed by atoms with Crippen molar-refractivity contribution >= 4 is 14.5 Å². The topological polar surface area (TPSA) is 18.5 Å². The van der Waals surface area contributed by atoms with Crippen LogP contribution in [0, 0.1) is 27.7 Å². The van der Waals surface area contributed by atoms with Gasteiger partial charge in [0.1, 0.15) is 0 Å². The summed E-state index contributed by atoms with van der Waals surface area (Å²) >= 11 is 0.116. The van der Waals surface area contributed by atoms with Crippen molar-refractivity contribution in [2.24, 2.45) is 0 Å². The van der Waals surface area contributed by atoms with Crippen LogP contribution in [0.2, 0.25) is 0 Å². The number of hydrogen-bond donors (Lipinski definition) is 0. The van der Waals surface area contributed by atoms with E-state index in [0.717, 1.165) is 11.5 Å². The number of benzene rings is 4. The van der Waals surface area contributed by atoms with E-state index in [2.05, 4.69) is 113 Å². The fraction of sp³-hybridized carbons (Fsp3) is 0.176. The van der Waals surface area contributed by atoms with Crippen LogP contribution in [0.15, 0.2) is 84.9 Å². The minimum atomic E-state index is 0.116. The first kappa shape index (κ1) is 25.1. The zero-order chi connectivity index (χ0) is 26.1. The Morgan fingerprint density at radius 2 is 0.757 bits per heavy atom. The van der Waals surface area contributed by atoms with Crippen LogP contribution in [0.25, 0.3) is 42.3 Å². The molecule has 0 amide bonds. The molecule has 0 saturated heterocycles. The van der Waals surface area contributed by atoms with Crippen LogP contribution in [-0.4, -0.2) is 28.7 Å². The molecule has 0 spiro atoms. The molecule has 4 aromatic carbocycles. The van der Waals surface area contributed by atoms with E-state index in [4.69, 9.17) is 9.47 Å². The minimum absolute atomic E-state index is 0.116. The molecule has 0 saturated carbocycles. The molecule has 0 unspecified atom stereocenters. The van der Waals surface area contributed by atoms with Gasteiger partial charge in [0, 0.05) is 0 Å². The molecule has 0 fully saturated rings. The second-order valence-electron chi connectivity index (χ2n) is 9.72. The van der Waals surface area contributed by atoms with Crippen LogP contribution in [0.3, 0.4) is 0 Å². The quantitative estimate of drug-likeness (QED) is 0.197. The Hall–Kier alpha value is -3.52. The summed E-state index contributed by atoms with van der Waals surface area (Å²) < 4.78 is 13.8. The SMILES string of the molecule is COc1ccc(-c2c(-c3cc(C)cc(C)c3)[se]c(-c3cc(C)cc(C)c3)c2-c2ccc(OC)cc2)cc1. The van der Waals surface area contributed by atoms with Gasteiger partial charge in [-0.2, -0.15) is 0 Å². The van der Waals surface area contributed by atoms with E-state index in [-0.39, 0.29) is 14.5 Å². The number of rotatable bonds is 6. The number of ether oxygens (including phenoxy) is 2. The van der Waals surface area contributed by atoms with E-state index < -0.39 is 0 Å². The van der Waals surface area contributed by atoms with Crippen LogP contribution >= 0.6 is 0 Å². The summed E-state index contributed by atoms with van der Waals surface area (Å²) in [5, 5.41) is 0. The van der Waals surface area contributed by atoms with Crippen molar-refractivity contribution in [1.82, 2.24) is 0 Å². The monoisotopic (exact) mass is 552 g/mol. The van der Waals surface area contributed by atoms with E-state index in [1.807, 2.05) is 0 Å². The molecule has 0 atom stereocenters. The van der Waals surface area contributed by atoms with Crippen molar-refractivity contribution in [2.45, 2.75) is 27.7 Å². The molecule has 3 heteroatoms. The van der Waals surface area contributed by atoms with Crippen molar-refractivity contribution in [2.75, 3.05) is 14.2 Å². The Labute approximate surface area is 226 Å². The molecule has 0 aliphatic rings. The predicted octanol–water partition coefficient (Wildman–Crippen LogP) is 8.66. The van der Waals surface area contributed by atoms with Gasteiger partial charge in [0.25, 0.3) is 0 Å². The second kappa shape index (κ2) is 10.5. The maximum atomic E-state index is 5.49. The molecule has 0 aliphatic carbocycles. The first-order chi connectivity index (χ1) is 17.9. The fourth-order valence-electron chi connectivity index (χ4n) is 5.12. The molecule has 0 radical (unpaired) electrons. The van der Waals surface area contributed by atoms with Gasteiger partial charge in [0.2, 0.25) is 0 Å². The van der Waals surface area contributed by atoms with Gasteiger partial charge in [-0.15, -0.1) is 0 Å². The third kappa shape index (κ3) is 5.16. The van der Waals surface area contributed by atoms with Crippen LogP contribution in [0.4, 0.5) is 0 Å². The van der Waals surface area contributed by atoms with Gasteiger partial charge in [-0.25, -0.2) is 0 Å². The maximum absolute atomic E-state index is 5.49. The zero-order valence-corrected chi connectivity index (χ0v) is 24.0. The van der Waals surface area contributed by atoms with Gasteiger partial charge >= 0.3 is 227 Å². The third-order valence-electron chi connectivity index (χ3n) is 6.63. The third-order valence-corrected chi connectivity index (χ3v) is 9.34. The van der Waals surface area contributed by atoms with Gasteiger partial charge in [-0.05, 0) is 0 Å². The number of methoxy groups -OCH3 is 2. The van der Waals surface area contributed by atoms with Gasteiger partial charge in [-0.3, -0.25) is 0 Å². The average molecular weight is 552 g/mol. The molecule has 1 aromatic heterocycles. The Kier molecular flexibility index (Phi) is 7.11. The Balaban J connectivity index is 1.89. The molecule has 0 N–H and O–H groups in total. The Morgan fingerprint density at radius 3 is 1.05 bits per heavy atom. The van der Waals surface area contributed by atoms with Crippen molar-refractivity contribution in [3.8, 4) is 53.8 Å². The number of aryl methyl sites for hydroxylation is 4. The predicted molar refractivity (Wildman–Crippen MR) is 157 cm³/mol. The van der Waals surface area contributed by atoms with E-state index in [9.17, 15) is 0 Å². The molecular weight excluding hydrogens is 519 g/mol. The van der Waals surface area contributed by atoms with Crippen LogP contribution in [-0.2, 0) is 0 Å². The van der Waals surface area contributed by atoms with Crippen LogP contribution < -0.4 is 9.47 Å². The zero-order valence-electron chi connectivity index (χ0n) is 22.3. The van der Waals surface area contributed by atoms with Crippen molar-refractivity contribution in [1.29, 1.82) is 0 Å². The Bertz CT molecular complexity index is 1400. The van der Waals surface area contributed by atoms with E-state index >= 15 is 0 Å². The van der Waals surface area contributed by atoms with Gasteiger partial charge in [0.05, 0.1) is 0 Å². The first-order valence-electron chi connectivity index (χ1n) is 12.5. The molecule has 0 bridgehead atoms. The molecule has 37 heavy (non-hydrogen) atoms. The summed E-state index contributed by atoms with van der Waals surface area (Å²) in [6.07, 6.45) is 0. The first-order valence-corrected chi connectivity index (χ1v) is 14.2. The van der Waals surface area contributed by atoms with E-state index in [1.165, 1.54) is 64.5 Å². The molecule has 186 valence electrons. The normalized spacial score (nSPS) is 11.0. The van der Waals surface area contributed by atoms with Crippen LogP contribution in [0.1, 0.15) is 22.3 Å². The van der Waals surface area contributed by atoms with Crippen molar-refractivity contribution < 1.29 is 9.47 Å². The molecule has 5 rings (SSSR count). The standard InChI is InChI=1S/C34H32O2Se/c1-21-15-22(2)18-27(17-21)33-31(25-7-11-29(35-5)12-8-25)32(26-9-13-30(36-6)14-10-26)34(37-33)28-19-23(3)16-24(4)20-28/h7-20H,1-6H3. The van der Waals surface area contributed by atoms with Gasteiger partial charge in [0.15, 0.2) is 0 Å². The second-order valence-corrected chi connectivity index (χ2v) is 11.9. The van der Waals surface area contributed by atoms with Crippen molar-refractivity contribution in [3.05, 3.63) is 107 Å². The molecular formula is C34H32O2Se. The summed E-state index contributed by atoms with van der Waals surface area (Å²) in [5.41, 5.74) is 12.8. The summed E-state index contributed by atoms with van der Waals surface area (Å²) in [6.45, 7) is 8.76. The summed E-state index contributed by atoms with van der Waals surface area (Å²) in [4.78, 5) is 0. The summed E-state index contributed by atoms with van der Waals surface area (Å²) in [7, 11) is 3.43. The average Bonchev–Trinajstić information content (AvgIpc) is 3.28. The molecule has 1 heterocycles.